The third-order valence-corrected chi connectivity index (χ3v) is 4.50. The number of anilines is 1. The molecule has 2 aromatic rings. The van der Waals surface area contributed by atoms with Crippen molar-refractivity contribution < 1.29 is 14.2 Å². The van der Waals surface area contributed by atoms with Crippen molar-refractivity contribution in [3.63, 3.8) is 0 Å². The van der Waals surface area contributed by atoms with Crippen LogP contribution in [0, 0.1) is 0 Å². The first-order valence-electron chi connectivity index (χ1n) is 7.36. The monoisotopic (exact) mass is 336 g/mol. The van der Waals surface area contributed by atoms with Gasteiger partial charge in [0.2, 0.25) is 10.9 Å². The van der Waals surface area contributed by atoms with E-state index in [9.17, 15) is 0 Å². The van der Waals surface area contributed by atoms with Crippen LogP contribution in [0.15, 0.2) is 12.1 Å². The molecule has 0 radical (unpaired) electrons. The first-order valence-corrected chi connectivity index (χ1v) is 8.14. The Hall–Kier alpha value is -2.06. The van der Waals surface area contributed by atoms with Crippen LogP contribution in [0.1, 0.15) is 0 Å². The summed E-state index contributed by atoms with van der Waals surface area (Å²) in [6.07, 6.45) is 0. The molecule has 1 fully saturated rings. The second-order valence-corrected chi connectivity index (χ2v) is 5.78. The topological polar surface area (TPSA) is 68.7 Å². The van der Waals surface area contributed by atoms with E-state index < -0.39 is 0 Å². The summed E-state index contributed by atoms with van der Waals surface area (Å²) in [5.74, 6) is 2.43. The largest absolute Gasteiger partial charge is 0.493 e. The summed E-state index contributed by atoms with van der Waals surface area (Å²) in [5.41, 5.74) is 0.845. The predicted molar refractivity (Wildman–Crippen MR) is 90.1 cm³/mol. The molecule has 0 unspecified atom stereocenters. The van der Waals surface area contributed by atoms with Gasteiger partial charge in [0.05, 0.1) is 21.3 Å². The smallest absolute Gasteiger partial charge is 0.205 e. The number of methoxy groups -OCH3 is 3. The highest BCUT2D eigenvalue weighted by atomic mass is 32.1. The third-order valence-electron chi connectivity index (χ3n) is 3.73. The minimum absolute atomic E-state index is 0.566. The quantitative estimate of drug-likeness (QED) is 0.890. The average Bonchev–Trinajstić information content (AvgIpc) is 3.11. The van der Waals surface area contributed by atoms with Gasteiger partial charge in [-0.25, -0.2) is 0 Å². The predicted octanol–water partition coefficient (Wildman–Crippen LogP) is 1.64. The normalized spacial score (nSPS) is 14.7. The van der Waals surface area contributed by atoms with E-state index in [2.05, 4.69) is 19.6 Å². The van der Waals surface area contributed by atoms with E-state index in [0.29, 0.717) is 23.1 Å². The van der Waals surface area contributed by atoms with Gasteiger partial charge < -0.3 is 24.4 Å². The molecule has 1 aliphatic heterocycles. The molecule has 0 atom stereocenters. The summed E-state index contributed by atoms with van der Waals surface area (Å²) in [5, 5.41) is 4.27. The van der Waals surface area contributed by atoms with Crippen LogP contribution in [0.3, 0.4) is 0 Å². The zero-order valence-corrected chi connectivity index (χ0v) is 14.3. The van der Waals surface area contributed by atoms with Crippen LogP contribution in [0.2, 0.25) is 0 Å². The van der Waals surface area contributed by atoms with E-state index >= 15 is 0 Å². The summed E-state index contributed by atoms with van der Waals surface area (Å²) in [7, 11) is 4.78. The minimum atomic E-state index is 0.566. The SMILES string of the molecule is COc1cc(-c2nsc(N3CCNCC3)n2)cc(OC)c1OC. The second-order valence-electron chi connectivity index (χ2n) is 5.05. The minimum Gasteiger partial charge on any atom is -0.493 e. The van der Waals surface area contributed by atoms with Crippen molar-refractivity contribution in [1.29, 1.82) is 0 Å². The molecule has 23 heavy (non-hydrogen) atoms. The van der Waals surface area contributed by atoms with Gasteiger partial charge in [-0.3, -0.25) is 0 Å². The summed E-state index contributed by atoms with van der Waals surface area (Å²) in [6.45, 7) is 3.84. The Balaban J connectivity index is 1.93. The fourth-order valence-electron chi connectivity index (χ4n) is 2.53. The lowest BCUT2D eigenvalue weighted by molar-refractivity contribution is 0.324. The Labute approximate surface area is 139 Å². The molecule has 8 heteroatoms. The van der Waals surface area contributed by atoms with Gasteiger partial charge in [0.15, 0.2) is 17.3 Å². The van der Waals surface area contributed by atoms with Gasteiger partial charge in [-0.2, -0.15) is 9.36 Å². The van der Waals surface area contributed by atoms with Crippen molar-refractivity contribution in [1.82, 2.24) is 14.7 Å². The number of aromatic nitrogens is 2. The zero-order chi connectivity index (χ0) is 16.2. The Morgan fingerprint density at radius 1 is 1.04 bits per heavy atom. The van der Waals surface area contributed by atoms with Crippen molar-refractivity contribution in [2.24, 2.45) is 0 Å². The lowest BCUT2D eigenvalue weighted by atomic mass is 10.1. The van der Waals surface area contributed by atoms with E-state index in [1.807, 2.05) is 12.1 Å². The van der Waals surface area contributed by atoms with Crippen molar-refractivity contribution in [2.75, 3.05) is 52.4 Å². The maximum absolute atomic E-state index is 5.39. The second kappa shape index (κ2) is 7.01. The van der Waals surface area contributed by atoms with Crippen molar-refractivity contribution in [2.45, 2.75) is 0 Å². The number of nitrogens with zero attached hydrogens (tertiary/aromatic N) is 3. The number of rotatable bonds is 5. The van der Waals surface area contributed by atoms with Gasteiger partial charge in [0, 0.05) is 43.3 Å². The number of hydrogen-bond donors (Lipinski definition) is 1. The highest BCUT2D eigenvalue weighted by Gasteiger charge is 2.19. The Morgan fingerprint density at radius 2 is 1.70 bits per heavy atom. The van der Waals surface area contributed by atoms with E-state index in [1.54, 1.807) is 21.3 Å². The molecule has 1 N–H and O–H groups in total. The molecule has 3 rings (SSSR count). The highest BCUT2D eigenvalue weighted by Crippen LogP contribution is 2.41. The van der Waals surface area contributed by atoms with Gasteiger partial charge in [-0.15, -0.1) is 0 Å². The number of hydrogen-bond acceptors (Lipinski definition) is 8. The van der Waals surface area contributed by atoms with Crippen LogP contribution < -0.4 is 24.4 Å². The molecule has 1 aromatic heterocycles. The zero-order valence-electron chi connectivity index (χ0n) is 13.5. The molecule has 1 aromatic carbocycles. The highest BCUT2D eigenvalue weighted by molar-refractivity contribution is 7.09. The molecule has 0 amide bonds. The van der Waals surface area contributed by atoms with Gasteiger partial charge in [-0.05, 0) is 12.1 Å². The maximum Gasteiger partial charge on any atom is 0.205 e. The van der Waals surface area contributed by atoms with Crippen molar-refractivity contribution in [3.05, 3.63) is 12.1 Å². The molecule has 0 spiro atoms. The van der Waals surface area contributed by atoms with Crippen LogP contribution in [0.5, 0.6) is 17.2 Å². The van der Waals surface area contributed by atoms with Gasteiger partial charge in [0.25, 0.3) is 0 Å². The van der Waals surface area contributed by atoms with Crippen LogP contribution >= 0.6 is 11.5 Å². The summed E-state index contributed by atoms with van der Waals surface area (Å²) in [6, 6.07) is 3.73. The summed E-state index contributed by atoms with van der Waals surface area (Å²) in [4.78, 5) is 6.91. The van der Waals surface area contributed by atoms with E-state index in [1.165, 1.54) is 11.5 Å². The van der Waals surface area contributed by atoms with Gasteiger partial charge >= 0.3 is 0 Å². The van der Waals surface area contributed by atoms with E-state index in [-0.39, 0.29) is 0 Å². The van der Waals surface area contributed by atoms with Gasteiger partial charge in [-0.1, -0.05) is 0 Å². The number of piperazine rings is 1. The number of nitrogens with one attached hydrogen (secondary N) is 1. The molecule has 7 nitrogen and oxygen atoms in total. The van der Waals surface area contributed by atoms with Crippen LogP contribution in [0.4, 0.5) is 5.13 Å². The lowest BCUT2D eigenvalue weighted by Gasteiger charge is -2.26. The van der Waals surface area contributed by atoms with E-state index in [4.69, 9.17) is 14.2 Å². The molecular formula is C15H20N4O3S. The van der Waals surface area contributed by atoms with Gasteiger partial charge in [0.1, 0.15) is 0 Å². The average molecular weight is 336 g/mol. The molecule has 0 aliphatic carbocycles. The summed E-state index contributed by atoms with van der Waals surface area (Å²) < 4.78 is 20.6. The third kappa shape index (κ3) is 3.18. The molecule has 1 aliphatic rings. The molecule has 1 saturated heterocycles. The Bertz CT molecular complexity index is 645. The maximum atomic E-state index is 5.39. The Morgan fingerprint density at radius 3 is 2.26 bits per heavy atom. The first-order chi connectivity index (χ1) is 11.3. The fourth-order valence-corrected chi connectivity index (χ4v) is 3.27. The Kier molecular flexibility index (Phi) is 4.82. The van der Waals surface area contributed by atoms with Crippen molar-refractivity contribution in [3.8, 4) is 28.6 Å². The van der Waals surface area contributed by atoms with Crippen LogP contribution in [0.25, 0.3) is 11.4 Å². The molecular weight excluding hydrogens is 316 g/mol. The molecule has 124 valence electrons. The van der Waals surface area contributed by atoms with Crippen LogP contribution in [-0.2, 0) is 0 Å². The van der Waals surface area contributed by atoms with Crippen molar-refractivity contribution >= 4 is 16.7 Å². The lowest BCUT2D eigenvalue weighted by Crippen LogP contribution is -2.43. The number of ether oxygens (including phenoxy) is 3. The molecule has 0 bridgehead atoms. The molecule has 0 saturated carbocycles. The number of benzene rings is 1. The summed E-state index contributed by atoms with van der Waals surface area (Å²) >= 11 is 1.41. The fraction of sp³-hybridized carbons (Fsp3) is 0.467. The van der Waals surface area contributed by atoms with E-state index in [0.717, 1.165) is 36.9 Å². The molecule has 2 heterocycles. The first kappa shape index (κ1) is 15.8. The standard InChI is InChI=1S/C15H20N4O3S/c1-20-11-8-10(9-12(21-2)13(11)22-3)14-17-15(23-18-14)19-6-4-16-5-7-19/h8-9,16H,4-7H2,1-3H3. The van der Waals surface area contributed by atoms with Crippen LogP contribution in [-0.4, -0.2) is 56.9 Å².